The van der Waals surface area contributed by atoms with Gasteiger partial charge >= 0.3 is 0 Å². The maximum absolute atomic E-state index is 6.29. The number of aryl methyl sites for hydroxylation is 3. The van der Waals surface area contributed by atoms with Crippen LogP contribution in [-0.2, 0) is 7.05 Å². The first-order valence-corrected chi connectivity index (χ1v) is 6.83. The number of nitrogens with two attached hydrogens (primary N) is 1. The summed E-state index contributed by atoms with van der Waals surface area (Å²) in [5, 5.41) is 0. The van der Waals surface area contributed by atoms with E-state index in [4.69, 9.17) is 5.73 Å². The quantitative estimate of drug-likeness (QED) is 0.873. The van der Waals surface area contributed by atoms with Crippen molar-refractivity contribution in [3.8, 4) is 0 Å². The minimum absolute atomic E-state index is 0.0838. The van der Waals surface area contributed by atoms with Crippen LogP contribution in [0.2, 0.25) is 0 Å². The van der Waals surface area contributed by atoms with Gasteiger partial charge in [0.05, 0.1) is 12.0 Å². The first-order valence-electron chi connectivity index (χ1n) is 6.83. The second-order valence-corrected chi connectivity index (χ2v) is 5.55. The smallest absolute Gasteiger partial charge is 0.132 e. The van der Waals surface area contributed by atoms with Gasteiger partial charge in [-0.05, 0) is 13.8 Å². The largest absolute Gasteiger partial charge is 0.354 e. The van der Waals surface area contributed by atoms with Gasteiger partial charge in [0, 0.05) is 50.1 Å². The molecule has 106 valence electrons. The topological polar surface area (TPSA) is 72.9 Å². The Morgan fingerprint density at radius 1 is 1.25 bits per heavy atom. The molecule has 0 saturated carbocycles. The zero-order chi connectivity index (χ0) is 14.3. The first kappa shape index (κ1) is 13.1. The van der Waals surface area contributed by atoms with Crippen molar-refractivity contribution in [2.24, 2.45) is 12.8 Å². The Morgan fingerprint density at radius 3 is 2.70 bits per heavy atom. The average Bonchev–Trinajstić information content (AvgIpc) is 2.94. The van der Waals surface area contributed by atoms with E-state index in [9.17, 15) is 0 Å². The highest BCUT2D eigenvalue weighted by Crippen LogP contribution is 2.28. The van der Waals surface area contributed by atoms with Crippen molar-refractivity contribution in [1.82, 2.24) is 19.5 Å². The SMILES string of the molecule is Cc1cc(N2C[C@@H](N)[C@H](c3cn(C)cn3)C2)nc(C)n1. The van der Waals surface area contributed by atoms with Crippen LogP contribution in [0, 0.1) is 13.8 Å². The molecular weight excluding hydrogens is 252 g/mol. The predicted molar refractivity (Wildman–Crippen MR) is 77.6 cm³/mol. The first-order chi connectivity index (χ1) is 9.52. The highest BCUT2D eigenvalue weighted by Gasteiger charge is 2.33. The summed E-state index contributed by atoms with van der Waals surface area (Å²) in [4.78, 5) is 15.5. The Bertz CT molecular complexity index is 600. The van der Waals surface area contributed by atoms with Crippen LogP contribution in [0.4, 0.5) is 5.82 Å². The van der Waals surface area contributed by atoms with Gasteiger partial charge in [0.2, 0.25) is 0 Å². The summed E-state index contributed by atoms with van der Waals surface area (Å²) in [6.45, 7) is 5.57. The van der Waals surface area contributed by atoms with Gasteiger partial charge in [0.25, 0.3) is 0 Å². The summed E-state index contributed by atoms with van der Waals surface area (Å²) in [6.07, 6.45) is 3.87. The molecule has 2 N–H and O–H groups in total. The van der Waals surface area contributed by atoms with Crippen molar-refractivity contribution >= 4 is 5.82 Å². The van der Waals surface area contributed by atoms with E-state index in [-0.39, 0.29) is 12.0 Å². The van der Waals surface area contributed by atoms with Crippen molar-refractivity contribution in [3.63, 3.8) is 0 Å². The van der Waals surface area contributed by atoms with Gasteiger partial charge in [0.1, 0.15) is 11.6 Å². The molecule has 3 heterocycles. The normalized spacial score (nSPS) is 22.5. The Labute approximate surface area is 118 Å². The Morgan fingerprint density at radius 2 is 2.05 bits per heavy atom. The number of aromatic nitrogens is 4. The van der Waals surface area contributed by atoms with Crippen LogP contribution in [0.25, 0.3) is 0 Å². The lowest BCUT2D eigenvalue weighted by Gasteiger charge is -2.17. The van der Waals surface area contributed by atoms with Crippen LogP contribution in [0.15, 0.2) is 18.6 Å². The molecule has 0 bridgehead atoms. The predicted octanol–water partition coefficient (Wildman–Crippen LogP) is 0.758. The van der Waals surface area contributed by atoms with Gasteiger partial charge in [-0.2, -0.15) is 0 Å². The van der Waals surface area contributed by atoms with E-state index >= 15 is 0 Å². The summed E-state index contributed by atoms with van der Waals surface area (Å²) in [6, 6.07) is 2.10. The molecule has 0 aliphatic carbocycles. The van der Waals surface area contributed by atoms with Crippen molar-refractivity contribution in [2.45, 2.75) is 25.8 Å². The molecule has 3 rings (SSSR count). The van der Waals surface area contributed by atoms with Gasteiger partial charge in [0.15, 0.2) is 0 Å². The zero-order valence-electron chi connectivity index (χ0n) is 12.1. The van der Waals surface area contributed by atoms with E-state index < -0.39 is 0 Å². The number of rotatable bonds is 2. The Kier molecular flexibility index (Phi) is 3.17. The third-order valence-corrected chi connectivity index (χ3v) is 3.75. The van der Waals surface area contributed by atoms with E-state index in [0.29, 0.717) is 0 Å². The molecule has 0 spiro atoms. The van der Waals surface area contributed by atoms with Crippen LogP contribution in [0.5, 0.6) is 0 Å². The molecule has 6 nitrogen and oxygen atoms in total. The van der Waals surface area contributed by atoms with Gasteiger partial charge in [-0.3, -0.25) is 0 Å². The highest BCUT2D eigenvalue weighted by molar-refractivity contribution is 5.43. The molecule has 1 saturated heterocycles. The fourth-order valence-electron chi connectivity index (χ4n) is 2.81. The molecule has 20 heavy (non-hydrogen) atoms. The maximum Gasteiger partial charge on any atom is 0.132 e. The van der Waals surface area contributed by atoms with Gasteiger partial charge in [-0.1, -0.05) is 0 Å². The number of anilines is 1. The molecule has 0 radical (unpaired) electrons. The standard InChI is InChI=1S/C14H20N6/c1-9-4-14(18-10(2)17-9)20-5-11(12(15)6-20)13-7-19(3)8-16-13/h4,7-8,11-12H,5-6,15H2,1-3H3/t11-,12-/m1/s1. The number of hydrogen-bond donors (Lipinski definition) is 1. The van der Waals surface area contributed by atoms with Crippen molar-refractivity contribution < 1.29 is 0 Å². The summed E-state index contributed by atoms with van der Waals surface area (Å²) < 4.78 is 1.96. The number of hydrogen-bond acceptors (Lipinski definition) is 5. The second kappa shape index (κ2) is 4.86. The fourth-order valence-corrected chi connectivity index (χ4v) is 2.81. The van der Waals surface area contributed by atoms with Crippen LogP contribution in [0.1, 0.15) is 23.1 Å². The lowest BCUT2D eigenvalue weighted by atomic mass is 10.0. The summed E-state index contributed by atoms with van der Waals surface area (Å²) in [7, 11) is 1.98. The van der Waals surface area contributed by atoms with E-state index in [0.717, 1.165) is 36.1 Å². The van der Waals surface area contributed by atoms with E-state index in [1.54, 1.807) is 0 Å². The number of imidazole rings is 1. The van der Waals surface area contributed by atoms with Crippen LogP contribution < -0.4 is 10.6 Å². The van der Waals surface area contributed by atoms with Crippen molar-refractivity contribution in [3.05, 3.63) is 35.8 Å². The summed E-state index contributed by atoms with van der Waals surface area (Å²) in [5.41, 5.74) is 8.34. The maximum atomic E-state index is 6.29. The van der Waals surface area contributed by atoms with Crippen LogP contribution >= 0.6 is 0 Å². The molecular formula is C14H20N6. The molecule has 2 aromatic rings. The van der Waals surface area contributed by atoms with Crippen molar-refractivity contribution in [2.75, 3.05) is 18.0 Å². The van der Waals surface area contributed by atoms with Gasteiger partial charge in [-0.15, -0.1) is 0 Å². The van der Waals surface area contributed by atoms with Crippen LogP contribution in [-0.4, -0.2) is 38.7 Å². The van der Waals surface area contributed by atoms with Crippen LogP contribution in [0.3, 0.4) is 0 Å². The molecule has 0 unspecified atom stereocenters. The lowest BCUT2D eigenvalue weighted by molar-refractivity contribution is 0.639. The Balaban J connectivity index is 1.84. The minimum atomic E-state index is 0.0838. The minimum Gasteiger partial charge on any atom is -0.354 e. The molecule has 2 aromatic heterocycles. The summed E-state index contributed by atoms with van der Waals surface area (Å²) in [5.74, 6) is 2.02. The molecule has 2 atom stereocenters. The zero-order valence-corrected chi connectivity index (χ0v) is 12.1. The van der Waals surface area contributed by atoms with E-state index in [2.05, 4.69) is 19.9 Å². The molecule has 0 amide bonds. The molecule has 1 aliphatic rings. The third-order valence-electron chi connectivity index (χ3n) is 3.75. The summed E-state index contributed by atoms with van der Waals surface area (Å²) >= 11 is 0. The monoisotopic (exact) mass is 272 g/mol. The third kappa shape index (κ3) is 2.38. The molecule has 0 aromatic carbocycles. The Hall–Kier alpha value is -1.95. The molecule has 1 aliphatic heterocycles. The fraction of sp³-hybridized carbons (Fsp3) is 0.500. The lowest BCUT2D eigenvalue weighted by Crippen LogP contribution is -2.29. The van der Waals surface area contributed by atoms with Crippen molar-refractivity contribution in [1.29, 1.82) is 0 Å². The molecule has 1 fully saturated rings. The number of nitrogens with zero attached hydrogens (tertiary/aromatic N) is 5. The van der Waals surface area contributed by atoms with E-state index in [1.165, 1.54) is 0 Å². The van der Waals surface area contributed by atoms with E-state index in [1.807, 2.05) is 44.1 Å². The second-order valence-electron chi connectivity index (χ2n) is 5.55. The van der Waals surface area contributed by atoms with Gasteiger partial charge < -0.3 is 15.2 Å². The highest BCUT2D eigenvalue weighted by atomic mass is 15.2. The van der Waals surface area contributed by atoms with Gasteiger partial charge in [-0.25, -0.2) is 15.0 Å². The molecule has 6 heteroatoms. The average molecular weight is 272 g/mol.